The number of hydrogen-bond acceptors (Lipinski definition) is 9. The van der Waals surface area contributed by atoms with Crippen LogP contribution in [0.5, 0.6) is 17.2 Å². The normalized spacial score (nSPS) is 11.0. The highest BCUT2D eigenvalue weighted by molar-refractivity contribution is 6.06. The van der Waals surface area contributed by atoms with Gasteiger partial charge in [0.2, 0.25) is 0 Å². The predicted molar refractivity (Wildman–Crippen MR) is 203 cm³/mol. The van der Waals surface area contributed by atoms with Crippen molar-refractivity contribution in [2.75, 3.05) is 19.8 Å². The van der Waals surface area contributed by atoms with E-state index in [1.807, 2.05) is 36.4 Å². The van der Waals surface area contributed by atoms with Crippen LogP contribution in [0, 0.1) is 0 Å². The van der Waals surface area contributed by atoms with Gasteiger partial charge in [0.1, 0.15) is 17.2 Å². The van der Waals surface area contributed by atoms with E-state index in [0.29, 0.717) is 48.1 Å². The first kappa shape index (κ1) is 39.0. The van der Waals surface area contributed by atoms with Gasteiger partial charge in [-0.25, -0.2) is 9.59 Å². The summed E-state index contributed by atoms with van der Waals surface area (Å²) in [6.45, 7) is 7.23. The fourth-order valence-corrected chi connectivity index (χ4v) is 4.88. The van der Waals surface area contributed by atoms with Crippen LogP contribution < -0.4 is 14.2 Å². The molecule has 0 radical (unpaired) electrons. The Morgan fingerprint density at radius 3 is 1.67 bits per heavy atom. The lowest BCUT2D eigenvalue weighted by Crippen LogP contribution is -2.07. The molecule has 0 spiro atoms. The Morgan fingerprint density at radius 1 is 0.596 bits per heavy atom. The molecule has 4 rings (SSSR count). The van der Waals surface area contributed by atoms with Crippen LogP contribution in [-0.4, -0.2) is 37.5 Å². The van der Waals surface area contributed by atoms with Gasteiger partial charge in [-0.2, -0.15) is 10.2 Å². The largest absolute Gasteiger partial charge is 0.494 e. The molecule has 0 amide bonds. The van der Waals surface area contributed by atoms with E-state index >= 15 is 0 Å². The lowest BCUT2D eigenvalue weighted by Gasteiger charge is -2.06. The molecule has 0 aliphatic heterocycles. The average Bonchev–Trinajstić information content (AvgIpc) is 3.18. The molecule has 0 heterocycles. The Bertz CT molecular complexity index is 1760. The Kier molecular flexibility index (Phi) is 16.5. The van der Waals surface area contributed by atoms with Gasteiger partial charge in [0.25, 0.3) is 0 Å². The van der Waals surface area contributed by atoms with E-state index in [0.717, 1.165) is 55.6 Å². The Morgan fingerprint density at radius 2 is 1.10 bits per heavy atom. The van der Waals surface area contributed by atoms with Crippen LogP contribution in [0.2, 0.25) is 0 Å². The van der Waals surface area contributed by atoms with Crippen molar-refractivity contribution in [1.82, 2.24) is 0 Å². The number of rotatable bonds is 22. The van der Waals surface area contributed by atoms with Crippen LogP contribution in [0.4, 0.5) is 11.4 Å². The van der Waals surface area contributed by atoms with Crippen molar-refractivity contribution in [3.05, 3.63) is 132 Å². The highest BCUT2D eigenvalue weighted by Gasteiger charge is 2.09. The monoisotopic (exact) mass is 702 g/mol. The molecule has 0 aliphatic carbocycles. The minimum Gasteiger partial charge on any atom is -0.494 e. The van der Waals surface area contributed by atoms with Crippen LogP contribution in [-0.2, 0) is 9.53 Å². The number of carbonyl (C=O) groups excluding carboxylic acids is 3. The van der Waals surface area contributed by atoms with Crippen molar-refractivity contribution in [3.8, 4) is 17.2 Å². The van der Waals surface area contributed by atoms with Gasteiger partial charge in [0.15, 0.2) is 5.78 Å². The zero-order valence-electron chi connectivity index (χ0n) is 29.7. The standard InChI is InChI=1S/C43H46N2O7/c1-3-5-6-9-30-49-38-25-17-34(18-26-38)41(46)29-14-33-12-23-40(24-13-33)52-43(48)35-15-19-36(20-16-35)44-45-37-21-27-39(28-22-37)50-31-10-7-8-11-32-51-42(47)4-2/h4,12-29H,2-3,5-11,30-32H2,1H3. The van der Waals surface area contributed by atoms with Gasteiger partial charge in [-0.15, -0.1) is 0 Å². The molecular formula is C43H46N2O7. The third-order valence-electron chi connectivity index (χ3n) is 7.86. The molecule has 0 bridgehead atoms. The van der Waals surface area contributed by atoms with Gasteiger partial charge in [-0.1, -0.05) is 51.0 Å². The van der Waals surface area contributed by atoms with Crippen molar-refractivity contribution >= 4 is 35.2 Å². The van der Waals surface area contributed by atoms with E-state index < -0.39 is 5.97 Å². The molecule has 0 aliphatic rings. The number of allylic oxidation sites excluding steroid dienone is 1. The van der Waals surface area contributed by atoms with Gasteiger partial charge in [-0.3, -0.25) is 4.79 Å². The van der Waals surface area contributed by atoms with E-state index in [4.69, 9.17) is 18.9 Å². The molecule has 9 heteroatoms. The molecule has 0 saturated heterocycles. The quantitative estimate of drug-likeness (QED) is 0.0200. The fraction of sp³-hybridized carbons (Fsp3) is 0.279. The summed E-state index contributed by atoms with van der Waals surface area (Å²) in [5.41, 5.74) is 3.00. The van der Waals surface area contributed by atoms with Gasteiger partial charge in [0, 0.05) is 11.6 Å². The van der Waals surface area contributed by atoms with E-state index in [1.165, 1.54) is 25.0 Å². The molecular weight excluding hydrogens is 656 g/mol. The van der Waals surface area contributed by atoms with Crippen LogP contribution in [0.3, 0.4) is 0 Å². The van der Waals surface area contributed by atoms with Gasteiger partial charge in [0.05, 0.1) is 36.8 Å². The zero-order chi connectivity index (χ0) is 36.8. The van der Waals surface area contributed by atoms with Crippen LogP contribution in [0.25, 0.3) is 6.08 Å². The fourth-order valence-electron chi connectivity index (χ4n) is 4.88. The summed E-state index contributed by atoms with van der Waals surface area (Å²) in [6, 6.07) is 28.1. The van der Waals surface area contributed by atoms with E-state index in [9.17, 15) is 14.4 Å². The number of ketones is 1. The Balaban J connectivity index is 1.16. The lowest BCUT2D eigenvalue weighted by molar-refractivity contribution is -0.137. The van der Waals surface area contributed by atoms with Crippen molar-refractivity contribution < 1.29 is 33.3 Å². The third-order valence-corrected chi connectivity index (χ3v) is 7.86. The molecule has 52 heavy (non-hydrogen) atoms. The number of benzene rings is 4. The van der Waals surface area contributed by atoms with Gasteiger partial charge < -0.3 is 18.9 Å². The molecule has 0 saturated carbocycles. The smallest absolute Gasteiger partial charge is 0.343 e. The maximum atomic E-state index is 12.7. The summed E-state index contributed by atoms with van der Waals surface area (Å²) < 4.78 is 22.0. The molecule has 0 atom stereocenters. The zero-order valence-corrected chi connectivity index (χ0v) is 29.7. The number of esters is 2. The van der Waals surface area contributed by atoms with Crippen molar-refractivity contribution in [2.45, 2.75) is 58.3 Å². The molecule has 0 unspecified atom stereocenters. The van der Waals surface area contributed by atoms with Crippen LogP contribution in [0.15, 0.2) is 126 Å². The highest BCUT2D eigenvalue weighted by Crippen LogP contribution is 2.23. The summed E-state index contributed by atoms with van der Waals surface area (Å²) in [7, 11) is 0. The summed E-state index contributed by atoms with van der Waals surface area (Å²) in [5, 5.41) is 8.53. The first-order valence-electron chi connectivity index (χ1n) is 17.7. The minimum absolute atomic E-state index is 0.113. The molecule has 270 valence electrons. The minimum atomic E-state index is -0.500. The Labute approximate surface area is 306 Å². The number of hydrogen-bond donors (Lipinski definition) is 0. The van der Waals surface area contributed by atoms with E-state index in [2.05, 4.69) is 23.7 Å². The highest BCUT2D eigenvalue weighted by atomic mass is 16.5. The molecule has 9 nitrogen and oxygen atoms in total. The Hall–Kier alpha value is -5.83. The van der Waals surface area contributed by atoms with E-state index in [-0.39, 0.29) is 11.8 Å². The second-order valence-electron chi connectivity index (χ2n) is 12.0. The van der Waals surface area contributed by atoms with Crippen LogP contribution in [0.1, 0.15) is 84.6 Å². The number of unbranched alkanes of at least 4 members (excludes halogenated alkanes) is 6. The van der Waals surface area contributed by atoms with Crippen molar-refractivity contribution in [3.63, 3.8) is 0 Å². The molecule has 0 fully saturated rings. The second-order valence-corrected chi connectivity index (χ2v) is 12.0. The first-order chi connectivity index (χ1) is 25.4. The lowest BCUT2D eigenvalue weighted by atomic mass is 10.1. The third kappa shape index (κ3) is 14.2. The summed E-state index contributed by atoms with van der Waals surface area (Å²) in [4.78, 5) is 36.4. The first-order valence-corrected chi connectivity index (χ1v) is 17.7. The second kappa shape index (κ2) is 22.1. The molecule has 4 aromatic carbocycles. The maximum Gasteiger partial charge on any atom is 0.343 e. The molecule has 0 aromatic heterocycles. The SMILES string of the molecule is C=CC(=O)OCCCCCCOc1ccc(N=Nc2ccc(C(=O)Oc3ccc(C=CC(=O)c4ccc(OCCCCCC)cc4)cc3)cc2)cc1. The summed E-state index contributed by atoms with van der Waals surface area (Å²) in [6.07, 6.45) is 12.7. The molecule has 0 N–H and O–H groups in total. The maximum absolute atomic E-state index is 12.7. The molecule has 4 aromatic rings. The van der Waals surface area contributed by atoms with E-state index in [1.54, 1.807) is 66.7 Å². The number of carbonyl (C=O) groups is 3. The number of azo groups is 1. The topological polar surface area (TPSA) is 113 Å². The number of nitrogens with zero attached hydrogens (tertiary/aromatic N) is 2. The van der Waals surface area contributed by atoms with Gasteiger partial charge in [-0.05, 0) is 129 Å². The summed E-state index contributed by atoms with van der Waals surface area (Å²) >= 11 is 0. The predicted octanol–water partition coefficient (Wildman–Crippen LogP) is 10.8. The van der Waals surface area contributed by atoms with Crippen LogP contribution >= 0.6 is 0 Å². The number of ether oxygens (including phenoxy) is 4. The van der Waals surface area contributed by atoms with Gasteiger partial charge >= 0.3 is 11.9 Å². The van der Waals surface area contributed by atoms with Crippen molar-refractivity contribution in [2.24, 2.45) is 10.2 Å². The van der Waals surface area contributed by atoms with Crippen molar-refractivity contribution in [1.29, 1.82) is 0 Å². The average molecular weight is 703 g/mol. The summed E-state index contributed by atoms with van der Waals surface area (Å²) in [5.74, 6) is 0.896.